The monoisotopic (exact) mass is 599 g/mol. The molecule has 3 aromatic carbocycles. The Bertz CT molecular complexity index is 1840. The molecule has 0 amide bonds. The van der Waals surface area contributed by atoms with Gasteiger partial charge in [-0.05, 0) is 60.9 Å². The highest BCUT2D eigenvalue weighted by molar-refractivity contribution is 6.04. The average molecular weight is 600 g/mol. The number of fused-ring (bicyclic) bond motifs is 4. The molecule has 44 heavy (non-hydrogen) atoms. The molecular weight excluding hydrogens is 567 g/mol. The van der Waals surface area contributed by atoms with Crippen molar-refractivity contribution in [3.63, 3.8) is 0 Å². The molecule has 4 aliphatic heterocycles. The first-order chi connectivity index (χ1) is 21.3. The van der Waals surface area contributed by atoms with E-state index in [2.05, 4.69) is 26.0 Å². The van der Waals surface area contributed by atoms with E-state index in [1.165, 1.54) is 24.3 Å². The lowest BCUT2D eigenvalue weighted by molar-refractivity contribution is 0.165. The zero-order chi connectivity index (χ0) is 30.2. The average Bonchev–Trinajstić information content (AvgIpc) is 3.65. The van der Waals surface area contributed by atoms with Crippen LogP contribution < -0.4 is 15.0 Å². The minimum atomic E-state index is -0.780. The number of ether oxygens (including phenoxy) is 1. The molecule has 2 bridgehead atoms. The van der Waals surface area contributed by atoms with Crippen LogP contribution in [-0.4, -0.2) is 77.6 Å². The van der Waals surface area contributed by atoms with Crippen LogP contribution in [0.5, 0.6) is 11.8 Å². The van der Waals surface area contributed by atoms with E-state index < -0.39 is 17.8 Å². The lowest BCUT2D eigenvalue weighted by Gasteiger charge is -2.48. The summed E-state index contributed by atoms with van der Waals surface area (Å²) in [6, 6.07) is 9.79. The first-order valence-corrected chi connectivity index (χ1v) is 15.2. The number of aromatic hydroxyl groups is 1. The summed E-state index contributed by atoms with van der Waals surface area (Å²) < 4.78 is 51.5. The molecule has 5 aliphatic rings. The molecule has 226 valence electrons. The Morgan fingerprint density at radius 2 is 1.86 bits per heavy atom. The van der Waals surface area contributed by atoms with Crippen LogP contribution >= 0.6 is 0 Å². The van der Waals surface area contributed by atoms with E-state index in [1.54, 1.807) is 12.1 Å². The molecule has 3 unspecified atom stereocenters. The van der Waals surface area contributed by atoms with Gasteiger partial charge in [-0.1, -0.05) is 18.1 Å². The number of phenols is 1. The number of likely N-dealkylation sites (tertiary alicyclic amines) is 1. The molecule has 7 nitrogen and oxygen atoms in total. The lowest BCUT2D eigenvalue weighted by atomic mass is 9.91. The summed E-state index contributed by atoms with van der Waals surface area (Å²) in [6.07, 6.45) is 8.50. The highest BCUT2D eigenvalue weighted by Crippen LogP contribution is 2.47. The molecule has 4 aromatic rings. The number of terminal acetylenes is 1. The number of anilines is 1. The fraction of sp³-hybridized carbons (Fsp3) is 0.412. The van der Waals surface area contributed by atoms with Gasteiger partial charge in [-0.15, -0.1) is 6.42 Å². The Labute approximate surface area is 253 Å². The van der Waals surface area contributed by atoms with E-state index in [0.717, 1.165) is 45.4 Å². The van der Waals surface area contributed by atoms with Crippen molar-refractivity contribution in [2.24, 2.45) is 5.41 Å². The van der Waals surface area contributed by atoms with E-state index in [-0.39, 0.29) is 39.4 Å². The minimum Gasteiger partial charge on any atom is -0.508 e. The number of phenolic OH excluding ortho intramolecular Hbond substituents is 1. The van der Waals surface area contributed by atoms with E-state index in [4.69, 9.17) is 16.1 Å². The molecule has 1 aromatic heterocycles. The van der Waals surface area contributed by atoms with Crippen molar-refractivity contribution in [1.82, 2.24) is 20.2 Å². The smallest absolute Gasteiger partial charge is 0.319 e. The van der Waals surface area contributed by atoms with E-state index in [0.29, 0.717) is 53.6 Å². The fourth-order valence-electron chi connectivity index (χ4n) is 7.25. The van der Waals surface area contributed by atoms with Crippen molar-refractivity contribution in [2.75, 3.05) is 44.2 Å². The third kappa shape index (κ3) is 4.70. The molecule has 5 heterocycles. The van der Waals surface area contributed by atoms with Crippen LogP contribution in [0, 0.1) is 29.4 Å². The van der Waals surface area contributed by atoms with Gasteiger partial charge in [0.15, 0.2) is 5.82 Å². The van der Waals surface area contributed by atoms with E-state index in [1.807, 2.05) is 0 Å². The Morgan fingerprint density at radius 1 is 1.07 bits per heavy atom. The van der Waals surface area contributed by atoms with Gasteiger partial charge >= 0.3 is 6.01 Å². The number of hydrogen-bond donors (Lipinski definition) is 2. The van der Waals surface area contributed by atoms with Crippen LogP contribution in [0.1, 0.15) is 31.2 Å². The predicted molar refractivity (Wildman–Crippen MR) is 163 cm³/mol. The normalized spacial score (nSPS) is 24.0. The highest BCUT2D eigenvalue weighted by Gasteiger charge is 2.46. The maximum atomic E-state index is 16.7. The Kier molecular flexibility index (Phi) is 6.40. The van der Waals surface area contributed by atoms with Gasteiger partial charge in [-0.3, -0.25) is 4.90 Å². The summed E-state index contributed by atoms with van der Waals surface area (Å²) in [6.45, 7) is 3.78. The minimum absolute atomic E-state index is 0.00347. The maximum absolute atomic E-state index is 16.7. The third-order valence-corrected chi connectivity index (χ3v) is 9.71. The molecule has 0 spiro atoms. The lowest BCUT2D eigenvalue weighted by Crippen LogP contribution is -2.67. The number of nitrogens with zero attached hydrogens (tertiary/aromatic N) is 4. The number of aromatic nitrogens is 2. The molecule has 5 fully saturated rings. The van der Waals surface area contributed by atoms with Crippen molar-refractivity contribution in [1.29, 1.82) is 0 Å². The second-order valence-corrected chi connectivity index (χ2v) is 12.9. The molecule has 9 rings (SSSR count). The first-order valence-electron chi connectivity index (χ1n) is 15.2. The van der Waals surface area contributed by atoms with Gasteiger partial charge in [0.2, 0.25) is 0 Å². The van der Waals surface area contributed by atoms with Gasteiger partial charge in [0.25, 0.3) is 0 Å². The zero-order valence-electron chi connectivity index (χ0n) is 24.1. The zero-order valence-corrected chi connectivity index (χ0v) is 24.1. The molecule has 2 N–H and O–H groups in total. The van der Waals surface area contributed by atoms with Gasteiger partial charge in [-0.2, -0.15) is 9.97 Å². The fourth-order valence-corrected chi connectivity index (χ4v) is 7.25. The maximum Gasteiger partial charge on any atom is 0.319 e. The molecule has 4 saturated heterocycles. The molecule has 10 heteroatoms. The van der Waals surface area contributed by atoms with Crippen molar-refractivity contribution in [3.05, 3.63) is 53.6 Å². The number of rotatable bonds is 7. The Hall–Kier alpha value is -4.07. The second kappa shape index (κ2) is 10.2. The number of hydrogen-bond acceptors (Lipinski definition) is 7. The van der Waals surface area contributed by atoms with Crippen LogP contribution in [0.4, 0.5) is 19.0 Å². The summed E-state index contributed by atoms with van der Waals surface area (Å²) in [5, 5.41) is 15.4. The molecule has 0 radical (unpaired) electrons. The van der Waals surface area contributed by atoms with Gasteiger partial charge < -0.3 is 20.1 Å². The van der Waals surface area contributed by atoms with Crippen molar-refractivity contribution in [3.8, 4) is 35.2 Å². The van der Waals surface area contributed by atoms with Gasteiger partial charge in [-0.25, -0.2) is 13.2 Å². The summed E-state index contributed by atoms with van der Waals surface area (Å²) in [5.74, 6) is 1.67. The number of alkyl halides is 1. The molecule has 3 atom stereocenters. The number of piperazine rings is 1. The van der Waals surface area contributed by atoms with Crippen LogP contribution in [-0.2, 0) is 0 Å². The molecular formula is C34H32F3N5O2. The number of piperidine rings is 1. The molecule has 1 saturated carbocycles. The first kappa shape index (κ1) is 27.5. The highest BCUT2D eigenvalue weighted by atomic mass is 19.1. The molecule has 1 aliphatic carbocycles. The van der Waals surface area contributed by atoms with Gasteiger partial charge in [0.05, 0.1) is 12.2 Å². The van der Waals surface area contributed by atoms with Crippen molar-refractivity contribution < 1.29 is 23.0 Å². The van der Waals surface area contributed by atoms with Gasteiger partial charge in [0, 0.05) is 66.6 Å². The number of nitrogens with one attached hydrogen (secondary N) is 1. The Balaban J connectivity index is 1.22. The third-order valence-electron chi connectivity index (χ3n) is 9.71. The SMILES string of the molecule is C#Cc1c(F)ccc2cc(O)cc(-c3ccc4c(N5CC6CC(C5)N6)nc(OCC5(CN6CCC(F)C6)CC5)nc4c3F)c12. The van der Waals surface area contributed by atoms with Crippen LogP contribution in [0.3, 0.4) is 0 Å². The summed E-state index contributed by atoms with van der Waals surface area (Å²) in [7, 11) is 0. The summed E-state index contributed by atoms with van der Waals surface area (Å²) >= 11 is 0. The number of halogens is 3. The quantitative estimate of drug-likeness (QED) is 0.284. The standard InChI is InChI=1S/C34H32F3N5O2/c1-2-24-28(36)6-3-19-11-23(43)13-27(29(19)24)25-4-5-26-31(30(25)37)39-33(40-32(26)42-15-21-12-22(16-42)38-21)44-18-34(8-9-34)17-41-10-7-20(35)14-41/h1,3-6,11,13,20-22,38,43H,7-10,12,14-18H2. The summed E-state index contributed by atoms with van der Waals surface area (Å²) in [4.78, 5) is 13.7. The summed E-state index contributed by atoms with van der Waals surface area (Å²) in [5.41, 5.74) is 0.389. The Morgan fingerprint density at radius 3 is 2.57 bits per heavy atom. The predicted octanol–water partition coefficient (Wildman–Crippen LogP) is 5.17. The van der Waals surface area contributed by atoms with E-state index in [9.17, 15) is 13.9 Å². The largest absolute Gasteiger partial charge is 0.508 e. The second-order valence-electron chi connectivity index (χ2n) is 12.9. The van der Waals surface area contributed by atoms with E-state index >= 15 is 4.39 Å². The van der Waals surface area contributed by atoms with Crippen molar-refractivity contribution >= 4 is 27.5 Å². The van der Waals surface area contributed by atoms with Crippen LogP contribution in [0.25, 0.3) is 32.8 Å². The van der Waals surface area contributed by atoms with Crippen LogP contribution in [0.2, 0.25) is 0 Å². The van der Waals surface area contributed by atoms with Crippen LogP contribution in [0.15, 0.2) is 36.4 Å². The number of benzene rings is 3. The topological polar surface area (TPSA) is 73.8 Å². The van der Waals surface area contributed by atoms with Gasteiger partial charge in [0.1, 0.15) is 29.1 Å². The van der Waals surface area contributed by atoms with Crippen molar-refractivity contribution in [2.45, 2.75) is 43.9 Å².